The first kappa shape index (κ1) is 10.2. The molecule has 0 aliphatic heterocycles. The van der Waals surface area contributed by atoms with Gasteiger partial charge in [-0.2, -0.15) is 0 Å². The molecule has 4 heteroatoms. The molecule has 4 nitrogen and oxygen atoms in total. The highest BCUT2D eigenvalue weighted by molar-refractivity contribution is 6.04. The van der Waals surface area contributed by atoms with Gasteiger partial charge in [0.25, 0.3) is 5.88 Å². The lowest BCUT2D eigenvalue weighted by Crippen LogP contribution is -1.99. The first-order valence-corrected chi connectivity index (χ1v) is 3.97. The lowest BCUT2D eigenvalue weighted by atomic mass is 10.2. The summed E-state index contributed by atoms with van der Waals surface area (Å²) in [4.78, 5) is 15.1. The van der Waals surface area contributed by atoms with Crippen LogP contribution in [0.15, 0.2) is 24.9 Å². The molecule has 0 spiro atoms. The highest BCUT2D eigenvalue weighted by Crippen LogP contribution is 2.24. The van der Waals surface area contributed by atoms with E-state index in [2.05, 4.69) is 11.6 Å². The summed E-state index contributed by atoms with van der Waals surface area (Å²) in [5.74, 6) is 0.590. The largest absolute Gasteiger partial charge is 0.491 e. The number of aromatic nitrogens is 1. The van der Waals surface area contributed by atoms with E-state index in [1.54, 1.807) is 6.07 Å². The van der Waals surface area contributed by atoms with Crippen molar-refractivity contribution in [2.45, 2.75) is 0 Å². The van der Waals surface area contributed by atoms with E-state index in [0.717, 1.165) is 0 Å². The summed E-state index contributed by atoms with van der Waals surface area (Å²) in [6, 6.07) is 1.57. The first-order chi connectivity index (χ1) is 6.72. The third-order valence-electron chi connectivity index (χ3n) is 1.70. The molecule has 0 aromatic carbocycles. The van der Waals surface area contributed by atoms with Gasteiger partial charge >= 0.3 is 0 Å². The number of ether oxygens (including phenoxy) is 2. The molecule has 1 aromatic rings. The molecule has 0 unspecified atom stereocenters. The van der Waals surface area contributed by atoms with E-state index in [9.17, 15) is 4.79 Å². The Kier molecular flexibility index (Phi) is 3.23. The predicted molar refractivity (Wildman–Crippen MR) is 51.9 cm³/mol. The van der Waals surface area contributed by atoms with Crippen molar-refractivity contribution < 1.29 is 14.3 Å². The molecule has 0 aliphatic rings. The quantitative estimate of drug-likeness (QED) is 0.536. The third kappa shape index (κ3) is 1.90. The highest BCUT2D eigenvalue weighted by Gasteiger charge is 2.09. The number of carbonyl (C=O) groups is 1. The average molecular weight is 193 g/mol. The molecule has 0 saturated heterocycles. The number of hydrogen-bond acceptors (Lipinski definition) is 4. The Morgan fingerprint density at radius 1 is 1.50 bits per heavy atom. The van der Waals surface area contributed by atoms with E-state index in [1.807, 2.05) is 0 Å². The number of allylic oxidation sites excluding steroid dienone is 1. The summed E-state index contributed by atoms with van der Waals surface area (Å²) in [5, 5.41) is 0. The zero-order chi connectivity index (χ0) is 10.6. The van der Waals surface area contributed by atoms with Crippen LogP contribution in [0.3, 0.4) is 0 Å². The van der Waals surface area contributed by atoms with E-state index < -0.39 is 0 Å². The van der Waals surface area contributed by atoms with E-state index in [0.29, 0.717) is 17.2 Å². The van der Waals surface area contributed by atoms with E-state index in [4.69, 9.17) is 9.47 Å². The molecule has 0 atom stereocenters. The Labute approximate surface area is 82.2 Å². The Bertz CT molecular complexity index is 360. The van der Waals surface area contributed by atoms with Gasteiger partial charge in [-0.3, -0.25) is 4.79 Å². The Balaban J connectivity index is 3.13. The summed E-state index contributed by atoms with van der Waals surface area (Å²) >= 11 is 0. The van der Waals surface area contributed by atoms with Crippen molar-refractivity contribution in [3.8, 4) is 11.6 Å². The number of hydrogen-bond donors (Lipinski definition) is 0. The van der Waals surface area contributed by atoms with Gasteiger partial charge in [-0.15, -0.1) is 0 Å². The molecule has 1 rings (SSSR count). The van der Waals surface area contributed by atoms with E-state index in [1.165, 1.54) is 26.5 Å². The third-order valence-corrected chi connectivity index (χ3v) is 1.70. The van der Waals surface area contributed by atoms with Gasteiger partial charge in [-0.25, -0.2) is 4.98 Å². The van der Waals surface area contributed by atoms with Crippen LogP contribution < -0.4 is 9.47 Å². The topological polar surface area (TPSA) is 48.4 Å². The van der Waals surface area contributed by atoms with Crippen molar-refractivity contribution in [2.75, 3.05) is 14.2 Å². The number of carbonyl (C=O) groups excluding carboxylic acids is 1. The molecule has 1 aromatic heterocycles. The molecule has 0 N–H and O–H groups in total. The summed E-state index contributed by atoms with van der Waals surface area (Å²) in [6.45, 7) is 3.39. The summed E-state index contributed by atoms with van der Waals surface area (Å²) in [6.07, 6.45) is 2.65. The molecule has 0 amide bonds. The van der Waals surface area contributed by atoms with Crippen molar-refractivity contribution >= 4 is 5.78 Å². The van der Waals surface area contributed by atoms with Crippen LogP contribution in [0, 0.1) is 0 Å². The second kappa shape index (κ2) is 4.41. The van der Waals surface area contributed by atoms with Crippen LogP contribution in [-0.2, 0) is 0 Å². The molecule has 74 valence electrons. The van der Waals surface area contributed by atoms with Crippen LogP contribution in [0.1, 0.15) is 10.4 Å². The van der Waals surface area contributed by atoms with Crippen LogP contribution in [-0.4, -0.2) is 25.0 Å². The van der Waals surface area contributed by atoms with E-state index in [-0.39, 0.29) is 5.78 Å². The molecule has 0 radical (unpaired) electrons. The fourth-order valence-electron chi connectivity index (χ4n) is 0.984. The molecular formula is C10H11NO3. The summed E-state index contributed by atoms with van der Waals surface area (Å²) < 4.78 is 9.93. The maximum atomic E-state index is 11.2. The Morgan fingerprint density at radius 2 is 2.21 bits per heavy atom. The summed E-state index contributed by atoms with van der Waals surface area (Å²) in [5.41, 5.74) is 0.428. The van der Waals surface area contributed by atoms with Gasteiger partial charge in [0.15, 0.2) is 11.5 Å². The normalized spacial score (nSPS) is 9.29. The van der Waals surface area contributed by atoms with Crippen LogP contribution in [0.2, 0.25) is 0 Å². The zero-order valence-corrected chi connectivity index (χ0v) is 8.11. The van der Waals surface area contributed by atoms with E-state index >= 15 is 0 Å². The van der Waals surface area contributed by atoms with Crippen molar-refractivity contribution in [3.63, 3.8) is 0 Å². The SMILES string of the molecule is C=CC(=O)c1cnc(OC)c(OC)c1. The second-order valence-corrected chi connectivity index (χ2v) is 2.50. The summed E-state index contributed by atoms with van der Waals surface area (Å²) in [7, 11) is 2.97. The maximum Gasteiger partial charge on any atom is 0.256 e. The molecule has 0 saturated carbocycles. The average Bonchev–Trinajstić information content (AvgIpc) is 2.26. The number of pyridine rings is 1. The van der Waals surface area contributed by atoms with Crippen molar-refractivity contribution in [2.24, 2.45) is 0 Å². The zero-order valence-electron chi connectivity index (χ0n) is 8.11. The van der Waals surface area contributed by atoms with Gasteiger partial charge in [0.1, 0.15) is 0 Å². The Hall–Kier alpha value is -1.84. The number of rotatable bonds is 4. The van der Waals surface area contributed by atoms with Gasteiger partial charge in [0.05, 0.1) is 14.2 Å². The minimum atomic E-state index is -0.196. The maximum absolute atomic E-state index is 11.2. The number of methoxy groups -OCH3 is 2. The van der Waals surface area contributed by atoms with Crippen molar-refractivity contribution in [3.05, 3.63) is 30.5 Å². The van der Waals surface area contributed by atoms with Crippen molar-refractivity contribution in [1.82, 2.24) is 4.98 Å². The van der Waals surface area contributed by atoms with Crippen LogP contribution in [0.5, 0.6) is 11.6 Å². The monoisotopic (exact) mass is 193 g/mol. The van der Waals surface area contributed by atoms with Gasteiger partial charge in [-0.05, 0) is 12.1 Å². The number of nitrogens with zero attached hydrogens (tertiary/aromatic N) is 1. The van der Waals surface area contributed by atoms with Gasteiger partial charge < -0.3 is 9.47 Å². The number of ketones is 1. The molecule has 0 aliphatic carbocycles. The minimum Gasteiger partial charge on any atom is -0.491 e. The minimum absolute atomic E-state index is 0.196. The predicted octanol–water partition coefficient (Wildman–Crippen LogP) is 1.47. The van der Waals surface area contributed by atoms with Gasteiger partial charge in [0, 0.05) is 11.8 Å². The van der Waals surface area contributed by atoms with Crippen molar-refractivity contribution in [1.29, 1.82) is 0 Å². The molecular weight excluding hydrogens is 182 g/mol. The Morgan fingerprint density at radius 3 is 2.71 bits per heavy atom. The molecule has 1 heterocycles. The lowest BCUT2D eigenvalue weighted by molar-refractivity contribution is 0.104. The smallest absolute Gasteiger partial charge is 0.256 e. The highest BCUT2D eigenvalue weighted by atomic mass is 16.5. The second-order valence-electron chi connectivity index (χ2n) is 2.50. The van der Waals surface area contributed by atoms with Gasteiger partial charge in [-0.1, -0.05) is 6.58 Å². The van der Waals surface area contributed by atoms with Crippen LogP contribution in [0.25, 0.3) is 0 Å². The van der Waals surface area contributed by atoms with Gasteiger partial charge in [0.2, 0.25) is 0 Å². The van der Waals surface area contributed by atoms with Crippen LogP contribution in [0.4, 0.5) is 0 Å². The fourth-order valence-corrected chi connectivity index (χ4v) is 0.984. The molecule has 0 fully saturated rings. The fraction of sp³-hybridized carbons (Fsp3) is 0.200. The molecule has 0 bridgehead atoms. The molecule has 14 heavy (non-hydrogen) atoms. The first-order valence-electron chi connectivity index (χ1n) is 3.97. The standard InChI is InChI=1S/C10H11NO3/c1-4-8(12)7-5-9(13-2)10(14-3)11-6-7/h4-6H,1H2,2-3H3. The van der Waals surface area contributed by atoms with Crippen LogP contribution >= 0.6 is 0 Å². The lowest BCUT2D eigenvalue weighted by Gasteiger charge is -2.06.